The number of aryl methyl sites for hydroxylation is 1. The number of aromatic nitrogens is 5. The fourth-order valence-electron chi connectivity index (χ4n) is 8.06. The summed E-state index contributed by atoms with van der Waals surface area (Å²) in [5.41, 5.74) is 6.81. The van der Waals surface area contributed by atoms with Gasteiger partial charge < -0.3 is 25.6 Å². The number of piperazine rings is 1. The van der Waals surface area contributed by atoms with Crippen molar-refractivity contribution in [3.05, 3.63) is 94.7 Å². The van der Waals surface area contributed by atoms with Gasteiger partial charge >= 0.3 is 5.69 Å². The molecule has 3 amide bonds. The second kappa shape index (κ2) is 16.1. The van der Waals surface area contributed by atoms with Gasteiger partial charge in [-0.25, -0.2) is 18.7 Å². The van der Waals surface area contributed by atoms with Crippen molar-refractivity contribution in [1.29, 1.82) is 0 Å². The maximum Gasteiger partial charge on any atom is 0.329 e. The molecule has 312 valence electrons. The molecule has 0 radical (unpaired) electrons. The molecule has 9 rings (SSSR count). The largest absolute Gasteiger partial charge is 0.493 e. The molecule has 5 heterocycles. The number of halogens is 1. The average molecular weight is 826 g/mol. The third-order valence-electron chi connectivity index (χ3n) is 11.6. The van der Waals surface area contributed by atoms with Gasteiger partial charge in [0.25, 0.3) is 5.91 Å². The molecule has 0 spiro atoms. The van der Waals surface area contributed by atoms with Crippen LogP contribution in [0.3, 0.4) is 0 Å². The number of hydrogen-bond donors (Lipinski definition) is 4. The zero-order chi connectivity index (χ0) is 42.4. The van der Waals surface area contributed by atoms with Crippen molar-refractivity contribution in [2.45, 2.75) is 37.5 Å². The fraction of sp³-hybridized carbons (Fsp3) is 0.318. The van der Waals surface area contributed by atoms with Crippen LogP contribution in [-0.2, 0) is 16.6 Å². The van der Waals surface area contributed by atoms with Crippen LogP contribution in [0.25, 0.3) is 27.8 Å². The van der Waals surface area contributed by atoms with E-state index in [4.69, 9.17) is 4.74 Å². The number of imidazole rings is 2. The van der Waals surface area contributed by atoms with Gasteiger partial charge in [0.2, 0.25) is 11.8 Å². The molecular weight excluding hydrogens is 782 g/mol. The number of rotatable bonds is 10. The molecule has 16 nitrogen and oxygen atoms in total. The highest BCUT2D eigenvalue weighted by atomic mass is 19.1. The molecule has 6 aromatic rings. The van der Waals surface area contributed by atoms with E-state index in [9.17, 15) is 23.6 Å². The van der Waals surface area contributed by atoms with Gasteiger partial charge in [0.1, 0.15) is 12.2 Å². The topological polar surface area (TPSA) is 172 Å². The minimum Gasteiger partial charge on any atom is -0.493 e. The number of ether oxygens (including phenoxy) is 1. The predicted octanol–water partition coefficient (Wildman–Crippen LogP) is 3.84. The van der Waals surface area contributed by atoms with Gasteiger partial charge in [0.15, 0.2) is 22.9 Å². The molecule has 1 aliphatic carbocycles. The van der Waals surface area contributed by atoms with Crippen LogP contribution in [0.15, 0.2) is 77.7 Å². The first-order valence-corrected chi connectivity index (χ1v) is 20.2. The summed E-state index contributed by atoms with van der Waals surface area (Å²) in [5.74, 6) is 6.39. The van der Waals surface area contributed by atoms with Crippen molar-refractivity contribution in [2.24, 2.45) is 7.05 Å². The van der Waals surface area contributed by atoms with Crippen molar-refractivity contribution in [3.8, 4) is 28.7 Å². The summed E-state index contributed by atoms with van der Waals surface area (Å²) in [7, 11) is 5.04. The lowest BCUT2D eigenvalue weighted by atomic mass is 10.0. The minimum atomic E-state index is -1.03. The van der Waals surface area contributed by atoms with E-state index in [-0.39, 0.29) is 23.7 Å². The van der Waals surface area contributed by atoms with Crippen molar-refractivity contribution in [1.82, 2.24) is 39.3 Å². The molecule has 3 atom stereocenters. The number of carbonyl (C=O) groups is 3. The highest BCUT2D eigenvalue weighted by molar-refractivity contribution is 6.00. The molecule has 0 bridgehead atoms. The molecule has 2 aliphatic heterocycles. The number of methoxy groups -OCH3 is 1. The van der Waals surface area contributed by atoms with Crippen LogP contribution in [0.1, 0.15) is 41.4 Å². The lowest BCUT2D eigenvalue weighted by Gasteiger charge is -2.35. The van der Waals surface area contributed by atoms with Crippen LogP contribution in [0.2, 0.25) is 0 Å². The Morgan fingerprint density at radius 1 is 0.984 bits per heavy atom. The number of benzene rings is 3. The van der Waals surface area contributed by atoms with Crippen LogP contribution in [0, 0.1) is 11.8 Å². The van der Waals surface area contributed by atoms with Crippen LogP contribution in [0.5, 0.6) is 5.75 Å². The summed E-state index contributed by atoms with van der Waals surface area (Å²) in [6.07, 6.45) is 1.19. The number of fused-ring (bicyclic) bond motifs is 2. The summed E-state index contributed by atoms with van der Waals surface area (Å²) >= 11 is 0. The standard InChI is InChI=1S/C44H44FN11O5/c1-46-33-24-38(51-56-37(25-47-41(33)56)43(59)49-32-23-30(32)45)48-31-8-4-6-27(40(31)61-3)7-5-17-53-18-20-54(21-19-53)29-12-9-26(10-13-29)28-11-14-34-36(22-28)52(2)44(60)55(34)35-15-16-39(57)50-42(35)58/h4,6,8-14,22,24-25,30,32,35,46H,15-21,23H2,1-3H3,(H,48,51)(H,49,59)(H,50,57,58)/t30-,32+,35?/m0/s1. The lowest BCUT2D eigenvalue weighted by Crippen LogP contribution is -2.46. The van der Waals surface area contributed by atoms with E-state index in [2.05, 4.69) is 77.3 Å². The number of hydrogen-bond acceptors (Lipinski definition) is 11. The first kappa shape index (κ1) is 39.3. The molecule has 3 aromatic heterocycles. The summed E-state index contributed by atoms with van der Waals surface area (Å²) in [6, 6.07) is 20.4. The average Bonchev–Trinajstić information content (AvgIpc) is 3.68. The Bertz CT molecular complexity index is 2830. The van der Waals surface area contributed by atoms with E-state index in [0.29, 0.717) is 64.6 Å². The van der Waals surface area contributed by atoms with E-state index < -0.39 is 30.1 Å². The predicted molar refractivity (Wildman–Crippen MR) is 229 cm³/mol. The van der Waals surface area contributed by atoms with E-state index in [1.54, 1.807) is 31.8 Å². The van der Waals surface area contributed by atoms with Gasteiger partial charge in [-0.3, -0.25) is 33.7 Å². The maximum absolute atomic E-state index is 13.5. The molecule has 1 unspecified atom stereocenters. The van der Waals surface area contributed by atoms with Crippen LogP contribution in [0.4, 0.5) is 27.3 Å². The first-order chi connectivity index (χ1) is 29.6. The van der Waals surface area contributed by atoms with Gasteiger partial charge in [-0.15, -0.1) is 5.10 Å². The number of para-hydroxylation sites is 1. The molecule has 4 N–H and O–H groups in total. The number of imide groups is 1. The molecule has 3 aliphatic rings. The van der Waals surface area contributed by atoms with E-state index in [1.807, 2.05) is 36.4 Å². The molecule has 3 fully saturated rings. The van der Waals surface area contributed by atoms with Crippen LogP contribution in [-0.4, -0.2) is 105 Å². The Balaban J connectivity index is 0.831. The molecule has 1 saturated carbocycles. The Kier molecular flexibility index (Phi) is 10.4. The zero-order valence-electron chi connectivity index (χ0n) is 33.9. The van der Waals surface area contributed by atoms with E-state index in [0.717, 1.165) is 43.0 Å². The first-order valence-electron chi connectivity index (χ1n) is 20.2. The van der Waals surface area contributed by atoms with Gasteiger partial charge in [-0.1, -0.05) is 36.1 Å². The van der Waals surface area contributed by atoms with Crippen molar-refractivity contribution in [3.63, 3.8) is 0 Å². The summed E-state index contributed by atoms with van der Waals surface area (Å²) in [4.78, 5) is 59.5. The molecule has 61 heavy (non-hydrogen) atoms. The molecular formula is C44H44FN11O5. The zero-order valence-corrected chi connectivity index (χ0v) is 33.9. The number of amides is 3. The van der Waals surface area contributed by atoms with Crippen LogP contribution < -0.4 is 36.6 Å². The highest BCUT2D eigenvalue weighted by Crippen LogP contribution is 2.33. The number of anilines is 4. The Morgan fingerprint density at radius 3 is 2.48 bits per heavy atom. The number of piperidine rings is 1. The van der Waals surface area contributed by atoms with Gasteiger partial charge in [0, 0.05) is 64.9 Å². The number of nitrogens with one attached hydrogen (secondary N) is 4. The fourth-order valence-corrected chi connectivity index (χ4v) is 8.06. The number of carbonyl (C=O) groups excluding carboxylic acids is 3. The second-order valence-electron chi connectivity index (χ2n) is 15.4. The van der Waals surface area contributed by atoms with Gasteiger partial charge in [0.05, 0.1) is 53.9 Å². The highest BCUT2D eigenvalue weighted by Gasteiger charge is 2.39. The molecule has 17 heteroatoms. The second-order valence-corrected chi connectivity index (χ2v) is 15.4. The third kappa shape index (κ3) is 7.61. The summed E-state index contributed by atoms with van der Waals surface area (Å²) in [5, 5.41) is 16.1. The molecule has 3 aromatic carbocycles. The maximum atomic E-state index is 13.5. The third-order valence-corrected chi connectivity index (χ3v) is 11.6. The van der Waals surface area contributed by atoms with Crippen LogP contribution >= 0.6 is 0 Å². The Labute approximate surface area is 349 Å². The quantitative estimate of drug-likeness (QED) is 0.117. The Morgan fingerprint density at radius 2 is 1.75 bits per heavy atom. The Hall–Kier alpha value is -7.19. The normalized spacial score (nSPS) is 19.0. The van der Waals surface area contributed by atoms with Gasteiger partial charge in [-0.05, 0) is 53.9 Å². The lowest BCUT2D eigenvalue weighted by molar-refractivity contribution is -0.135. The molecule has 2 saturated heterocycles. The minimum absolute atomic E-state index is 0.194. The van der Waals surface area contributed by atoms with E-state index >= 15 is 0 Å². The SMILES string of the molecule is CNc1cc(Nc2cccc(C#CCN3CCN(c4ccc(-c5ccc6c(c5)n(C)c(=O)n6C5CCC(=O)NC5=O)cc4)CC3)c2OC)nn2c(C(=O)N[C@@H]3C[C@@H]3F)cnc12. The number of nitrogens with zero attached hydrogens (tertiary/aromatic N) is 7. The number of alkyl halides is 1. The summed E-state index contributed by atoms with van der Waals surface area (Å²) in [6.45, 7) is 3.96. The smallest absolute Gasteiger partial charge is 0.329 e. The van der Waals surface area contributed by atoms with Gasteiger partial charge in [-0.2, -0.15) is 0 Å². The van der Waals surface area contributed by atoms with Crippen molar-refractivity contribution in [2.75, 3.05) is 62.4 Å². The van der Waals surface area contributed by atoms with Crippen molar-refractivity contribution < 1.29 is 23.5 Å². The van der Waals surface area contributed by atoms with Crippen molar-refractivity contribution >= 4 is 57.3 Å². The van der Waals surface area contributed by atoms with E-state index in [1.165, 1.54) is 15.3 Å². The monoisotopic (exact) mass is 825 g/mol. The summed E-state index contributed by atoms with van der Waals surface area (Å²) < 4.78 is 23.8.